The van der Waals surface area contributed by atoms with Crippen LogP contribution in [0.5, 0.6) is 0 Å². The monoisotopic (exact) mass is 1170 g/mol. The predicted octanol–water partition coefficient (Wildman–Crippen LogP) is -2.94. The largest absolute Gasteiger partial charge is 0.481 e. The van der Waals surface area contributed by atoms with Crippen molar-refractivity contribution in [2.24, 2.45) is 29.2 Å². The van der Waals surface area contributed by atoms with Crippen molar-refractivity contribution in [2.45, 2.75) is 171 Å². The molecule has 7 unspecified atom stereocenters. The van der Waals surface area contributed by atoms with E-state index in [-0.39, 0.29) is 81.7 Å². The summed E-state index contributed by atoms with van der Waals surface area (Å²) in [5.41, 5.74) is 10.9. The van der Waals surface area contributed by atoms with Gasteiger partial charge in [0.2, 0.25) is 53.2 Å². The molecule has 31 nitrogen and oxygen atoms in total. The number of hydrogen-bond donors (Lipinski definition) is 17. The van der Waals surface area contributed by atoms with E-state index in [1.165, 1.54) is 0 Å². The molecule has 0 heterocycles. The van der Waals surface area contributed by atoms with Crippen molar-refractivity contribution < 1.29 is 103 Å². The van der Waals surface area contributed by atoms with E-state index in [4.69, 9.17) is 16.6 Å². The number of carboxylic acids is 6. The number of primary amides is 1. The van der Waals surface area contributed by atoms with Gasteiger partial charge < -0.3 is 84.6 Å². The maximum absolute atomic E-state index is 13.7. The number of carboxylic acid groups (broad SMARTS) is 6. The molecule has 0 aliphatic heterocycles. The first kappa shape index (κ1) is 71.4. The highest BCUT2D eigenvalue weighted by molar-refractivity contribution is 7.80. The third-order valence-electron chi connectivity index (χ3n) is 13.0. The van der Waals surface area contributed by atoms with Crippen LogP contribution in [0, 0.1) is 17.8 Å². The molecular formula is C49H78N10O21S. The number of nitrogens with one attached hydrogen (secondary N) is 8. The summed E-state index contributed by atoms with van der Waals surface area (Å²) in [6.45, 7) is 0.618. The van der Waals surface area contributed by atoms with Crippen LogP contribution in [0.1, 0.15) is 135 Å². The van der Waals surface area contributed by atoms with Crippen molar-refractivity contribution in [3.8, 4) is 0 Å². The molecule has 1 aliphatic carbocycles. The molecule has 7 atom stereocenters. The predicted molar refractivity (Wildman–Crippen MR) is 283 cm³/mol. The molecule has 18 N–H and O–H groups in total. The standard InChI is InChI=1S/C49H78N10O21S/c50-21-3-1-5-29(44(73)59-34(25-81)42(51)71)56-46(75)31(14-19-40(67)68)58-47(76)32(15-20-41(69)70)57-45(74)30(13-18-39(65)66)54-36(61)6-2-4-22-52-43(72)27-9-7-26(8-10-27)24-53-35(60)16-12-33(49(79)80)55-37(62)23-28(48(77)78)11-17-38(63)64/h26-34,81H,1-25,50H2,(H2,51,71)(H,52,72)(H,53,60)(H,54,61)(H,55,62)(H,56,75)(H,57,74)(H,58,76)(H,59,73)(H,63,64)(H,65,66)(H,67,68)(H,69,70)(H,77,78)(H,79,80). The molecule has 0 spiro atoms. The van der Waals surface area contributed by atoms with Gasteiger partial charge in [0, 0.05) is 69.7 Å². The summed E-state index contributed by atoms with van der Waals surface area (Å²) >= 11 is 3.99. The van der Waals surface area contributed by atoms with Gasteiger partial charge in [-0.2, -0.15) is 12.6 Å². The second-order valence-electron chi connectivity index (χ2n) is 19.5. The van der Waals surface area contributed by atoms with Crippen LogP contribution in [0.15, 0.2) is 0 Å². The minimum Gasteiger partial charge on any atom is -0.481 e. The van der Waals surface area contributed by atoms with Crippen molar-refractivity contribution in [3.63, 3.8) is 0 Å². The van der Waals surface area contributed by atoms with Gasteiger partial charge >= 0.3 is 35.8 Å². The summed E-state index contributed by atoms with van der Waals surface area (Å²) in [6.07, 6.45) is -2.71. The number of nitrogens with two attached hydrogens (primary N) is 2. The van der Waals surface area contributed by atoms with Crippen LogP contribution in [-0.4, -0.2) is 181 Å². The molecule has 0 bridgehead atoms. The summed E-state index contributed by atoms with van der Waals surface area (Å²) < 4.78 is 0. The molecule has 1 aliphatic rings. The molecular weight excluding hydrogens is 1100 g/mol. The quantitative estimate of drug-likeness (QED) is 0.0215. The number of rotatable bonds is 43. The maximum Gasteiger partial charge on any atom is 0.326 e. The topological polar surface area (TPSA) is 526 Å². The average Bonchev–Trinajstić information content (AvgIpc) is 3.41. The normalized spacial score (nSPS) is 16.4. The number of hydrogen-bond acceptors (Lipinski definition) is 17. The lowest BCUT2D eigenvalue weighted by Crippen LogP contribution is -2.59. The first-order valence-electron chi connectivity index (χ1n) is 26.4. The Morgan fingerprint density at radius 1 is 0.444 bits per heavy atom. The Morgan fingerprint density at radius 3 is 1.33 bits per heavy atom. The van der Waals surface area contributed by atoms with E-state index < -0.39 is 177 Å². The number of amides is 9. The fraction of sp³-hybridized carbons (Fsp3) is 0.694. The van der Waals surface area contributed by atoms with Crippen LogP contribution < -0.4 is 54.0 Å². The third-order valence-corrected chi connectivity index (χ3v) is 13.4. The minimum absolute atomic E-state index is 0.00291. The van der Waals surface area contributed by atoms with Gasteiger partial charge in [0.05, 0.1) is 5.92 Å². The summed E-state index contributed by atoms with van der Waals surface area (Å²) in [5, 5.41) is 75.3. The Morgan fingerprint density at radius 2 is 0.889 bits per heavy atom. The van der Waals surface area contributed by atoms with Gasteiger partial charge in [0.1, 0.15) is 36.3 Å². The van der Waals surface area contributed by atoms with Crippen LogP contribution in [0.3, 0.4) is 0 Å². The molecule has 32 heteroatoms. The highest BCUT2D eigenvalue weighted by atomic mass is 32.1. The van der Waals surface area contributed by atoms with Gasteiger partial charge in [-0.05, 0) is 102 Å². The molecule has 456 valence electrons. The fourth-order valence-electron chi connectivity index (χ4n) is 8.30. The van der Waals surface area contributed by atoms with Crippen molar-refractivity contribution >= 4 is 102 Å². The maximum atomic E-state index is 13.7. The molecule has 0 saturated heterocycles. The summed E-state index contributed by atoms with van der Waals surface area (Å²) in [5.74, 6) is -17.7. The zero-order valence-corrected chi connectivity index (χ0v) is 45.7. The van der Waals surface area contributed by atoms with Crippen LogP contribution in [0.2, 0.25) is 0 Å². The zero-order chi connectivity index (χ0) is 61.2. The second-order valence-corrected chi connectivity index (χ2v) is 19.8. The van der Waals surface area contributed by atoms with Gasteiger partial charge in [-0.15, -0.1) is 0 Å². The van der Waals surface area contributed by atoms with Crippen LogP contribution in [0.4, 0.5) is 0 Å². The summed E-state index contributed by atoms with van der Waals surface area (Å²) in [6, 6.07) is -9.11. The van der Waals surface area contributed by atoms with Crippen molar-refractivity contribution in [1.29, 1.82) is 0 Å². The van der Waals surface area contributed by atoms with Gasteiger partial charge in [-0.1, -0.05) is 0 Å². The van der Waals surface area contributed by atoms with E-state index >= 15 is 0 Å². The zero-order valence-electron chi connectivity index (χ0n) is 44.8. The van der Waals surface area contributed by atoms with Crippen molar-refractivity contribution in [1.82, 2.24) is 42.5 Å². The van der Waals surface area contributed by atoms with Gasteiger partial charge in [-0.3, -0.25) is 67.1 Å². The highest BCUT2D eigenvalue weighted by Crippen LogP contribution is 2.28. The van der Waals surface area contributed by atoms with Gasteiger partial charge in [-0.25, -0.2) is 4.79 Å². The van der Waals surface area contributed by atoms with Crippen LogP contribution in [0.25, 0.3) is 0 Å². The lowest BCUT2D eigenvalue weighted by atomic mass is 9.81. The summed E-state index contributed by atoms with van der Waals surface area (Å²) in [7, 11) is 0. The van der Waals surface area contributed by atoms with Crippen molar-refractivity contribution in [2.75, 3.05) is 25.4 Å². The molecule has 1 rings (SSSR count). The molecule has 0 aromatic heterocycles. The Balaban J connectivity index is 2.83. The Hall–Kier alpha value is -7.64. The Kier molecular flexibility index (Phi) is 34.3. The third kappa shape index (κ3) is 31.1. The van der Waals surface area contributed by atoms with E-state index in [1.807, 2.05) is 0 Å². The Labute approximate surface area is 471 Å². The van der Waals surface area contributed by atoms with E-state index in [9.17, 15) is 97.5 Å². The van der Waals surface area contributed by atoms with E-state index in [0.717, 1.165) is 0 Å². The van der Waals surface area contributed by atoms with Gasteiger partial charge in [0.15, 0.2) is 0 Å². The number of carbonyl (C=O) groups is 15. The average molecular weight is 1180 g/mol. The first-order chi connectivity index (χ1) is 38.2. The molecule has 0 radical (unpaired) electrons. The SMILES string of the molecule is NCCCCC(NC(=O)C(CCC(=O)O)NC(=O)C(CCC(=O)O)NC(=O)C(CCC(=O)O)NC(=O)CCCCNC(=O)C1CCC(CNC(=O)CCC(NC(=O)CC(CCC(=O)O)C(=O)O)C(=O)O)CC1)C(=O)NC(CS)C(N)=O. The molecule has 81 heavy (non-hydrogen) atoms. The first-order valence-corrected chi connectivity index (χ1v) is 27.1. The highest BCUT2D eigenvalue weighted by Gasteiger charge is 2.34. The number of unbranched alkanes of at least 4 members (excludes halogenated alkanes) is 2. The molecule has 0 aromatic rings. The number of carbonyl (C=O) groups excluding carboxylic acids is 9. The Bertz CT molecular complexity index is 2210. The van der Waals surface area contributed by atoms with E-state index in [0.29, 0.717) is 44.9 Å². The molecule has 9 amide bonds. The van der Waals surface area contributed by atoms with Crippen molar-refractivity contribution in [3.05, 3.63) is 0 Å². The smallest absolute Gasteiger partial charge is 0.326 e. The van der Waals surface area contributed by atoms with Crippen LogP contribution >= 0.6 is 12.6 Å². The van der Waals surface area contributed by atoms with E-state index in [1.54, 1.807) is 0 Å². The second kappa shape index (κ2) is 38.9. The minimum atomic E-state index is -1.75. The fourth-order valence-corrected chi connectivity index (χ4v) is 8.57. The van der Waals surface area contributed by atoms with Gasteiger partial charge in [0.25, 0.3) is 0 Å². The van der Waals surface area contributed by atoms with E-state index in [2.05, 4.69) is 55.2 Å². The lowest BCUT2D eigenvalue weighted by molar-refractivity contribution is -0.146. The number of thiol groups is 1. The molecule has 0 aromatic carbocycles. The van der Waals surface area contributed by atoms with Crippen LogP contribution in [-0.2, 0) is 71.9 Å². The molecule has 1 saturated carbocycles. The lowest BCUT2D eigenvalue weighted by Gasteiger charge is -2.28. The molecule has 1 fully saturated rings. The summed E-state index contributed by atoms with van der Waals surface area (Å²) in [4.78, 5) is 185. The number of aliphatic carboxylic acids is 6.